The molecule has 0 saturated heterocycles. The number of aromatic carboxylic acids is 1. The van der Waals surface area contributed by atoms with Crippen LogP contribution in [0.15, 0.2) is 42.7 Å². The smallest absolute Gasteiger partial charge is 0.337 e. The van der Waals surface area contributed by atoms with Crippen molar-refractivity contribution >= 4 is 5.97 Å². The van der Waals surface area contributed by atoms with Crippen molar-refractivity contribution in [2.75, 3.05) is 0 Å². The maximum Gasteiger partial charge on any atom is 0.337 e. The van der Waals surface area contributed by atoms with Gasteiger partial charge < -0.3 is 5.11 Å². The van der Waals surface area contributed by atoms with Gasteiger partial charge in [-0.3, -0.25) is 0 Å². The van der Waals surface area contributed by atoms with Crippen molar-refractivity contribution in [1.82, 2.24) is 5.10 Å². The molecule has 1 heterocycles. The van der Waals surface area contributed by atoms with Gasteiger partial charge in [0.25, 0.3) is 0 Å². The molecular formula is C13H10N3O2+. The zero-order chi connectivity index (χ0) is 13.0. The van der Waals surface area contributed by atoms with Gasteiger partial charge in [-0.15, -0.1) is 0 Å². The van der Waals surface area contributed by atoms with Gasteiger partial charge in [0, 0.05) is 11.6 Å². The van der Waals surface area contributed by atoms with Gasteiger partial charge in [0.2, 0.25) is 0 Å². The van der Waals surface area contributed by atoms with Crippen molar-refractivity contribution in [3.05, 3.63) is 59.4 Å². The van der Waals surface area contributed by atoms with Gasteiger partial charge in [0.05, 0.1) is 17.2 Å². The third-order valence-corrected chi connectivity index (χ3v) is 2.45. The van der Waals surface area contributed by atoms with E-state index < -0.39 is 5.97 Å². The van der Waals surface area contributed by atoms with Gasteiger partial charge in [0.1, 0.15) is 6.20 Å². The molecule has 0 saturated carbocycles. The lowest BCUT2D eigenvalue weighted by molar-refractivity contribution is -0.746. The molecule has 0 amide bonds. The average Bonchev–Trinajstić information content (AvgIpc) is 2.40. The zero-order valence-electron chi connectivity index (χ0n) is 9.45. The fraction of sp³-hybridized carbons (Fsp3) is 0.0769. The molecule has 0 atom stereocenters. The van der Waals surface area contributed by atoms with Gasteiger partial charge in [-0.05, 0) is 17.2 Å². The van der Waals surface area contributed by atoms with E-state index in [1.165, 1.54) is 12.3 Å². The summed E-state index contributed by atoms with van der Waals surface area (Å²) in [6, 6.07) is 10.7. The number of aromatic nitrogens is 2. The molecule has 1 aromatic carbocycles. The summed E-state index contributed by atoms with van der Waals surface area (Å²) in [5.74, 6) is -0.993. The summed E-state index contributed by atoms with van der Waals surface area (Å²) in [6.45, 7) is 0.533. The Kier molecular flexibility index (Phi) is 3.30. The highest BCUT2D eigenvalue weighted by Crippen LogP contribution is 2.02. The Morgan fingerprint density at radius 2 is 2.06 bits per heavy atom. The third-order valence-electron chi connectivity index (χ3n) is 2.45. The molecule has 0 radical (unpaired) electrons. The SMILES string of the molecule is N#Cc1ccc(C[n+]2ccc(C(=O)O)cn2)cc1. The number of nitrogens with zero attached hydrogens (tertiary/aromatic N) is 3. The van der Waals surface area contributed by atoms with E-state index >= 15 is 0 Å². The minimum atomic E-state index is -0.993. The Hall–Kier alpha value is -2.74. The van der Waals surface area contributed by atoms with Gasteiger partial charge in [0.15, 0.2) is 12.7 Å². The van der Waals surface area contributed by atoms with Crippen molar-refractivity contribution in [3.63, 3.8) is 0 Å². The summed E-state index contributed by atoms with van der Waals surface area (Å²) in [4.78, 5) is 10.7. The second-order valence-corrected chi connectivity index (χ2v) is 3.73. The number of hydrogen-bond donors (Lipinski definition) is 1. The molecule has 2 aromatic rings. The fourth-order valence-electron chi connectivity index (χ4n) is 1.48. The summed E-state index contributed by atoms with van der Waals surface area (Å²) in [5, 5.41) is 21.4. The highest BCUT2D eigenvalue weighted by molar-refractivity contribution is 5.86. The van der Waals surface area contributed by atoms with E-state index in [2.05, 4.69) is 11.2 Å². The topological polar surface area (TPSA) is 77.9 Å². The lowest BCUT2D eigenvalue weighted by atomic mass is 10.1. The zero-order valence-corrected chi connectivity index (χ0v) is 9.45. The molecule has 0 spiro atoms. The largest absolute Gasteiger partial charge is 0.478 e. The first-order valence-electron chi connectivity index (χ1n) is 5.27. The molecule has 0 aliphatic carbocycles. The maximum atomic E-state index is 10.7. The van der Waals surface area contributed by atoms with Crippen molar-refractivity contribution in [3.8, 4) is 6.07 Å². The van der Waals surface area contributed by atoms with Crippen LogP contribution in [0, 0.1) is 11.3 Å². The van der Waals surface area contributed by atoms with Crippen molar-refractivity contribution in [1.29, 1.82) is 5.26 Å². The van der Waals surface area contributed by atoms with Crippen molar-refractivity contribution < 1.29 is 14.6 Å². The quantitative estimate of drug-likeness (QED) is 0.811. The number of carboxylic acids is 1. The molecule has 5 heteroatoms. The third kappa shape index (κ3) is 2.68. The predicted molar refractivity (Wildman–Crippen MR) is 61.7 cm³/mol. The molecule has 1 aromatic heterocycles. The van der Waals surface area contributed by atoms with Crippen LogP contribution in [-0.4, -0.2) is 16.2 Å². The van der Waals surface area contributed by atoms with Crippen LogP contribution in [0.2, 0.25) is 0 Å². The Labute approximate surface area is 104 Å². The van der Waals surface area contributed by atoms with Crippen LogP contribution < -0.4 is 4.68 Å². The molecule has 18 heavy (non-hydrogen) atoms. The lowest BCUT2D eigenvalue weighted by Crippen LogP contribution is -2.38. The maximum absolute atomic E-state index is 10.7. The Balaban J connectivity index is 2.13. The van der Waals surface area contributed by atoms with Crippen LogP contribution in [-0.2, 0) is 6.54 Å². The molecular weight excluding hydrogens is 230 g/mol. The number of carbonyl (C=O) groups is 1. The molecule has 88 valence electrons. The number of carboxylic acid groups (broad SMARTS) is 1. The second-order valence-electron chi connectivity index (χ2n) is 3.73. The number of rotatable bonds is 3. The Morgan fingerprint density at radius 3 is 2.56 bits per heavy atom. The van der Waals surface area contributed by atoms with E-state index in [0.29, 0.717) is 12.1 Å². The van der Waals surface area contributed by atoms with E-state index in [1.807, 2.05) is 12.1 Å². The summed E-state index contributed by atoms with van der Waals surface area (Å²) in [5.41, 5.74) is 1.76. The molecule has 0 unspecified atom stereocenters. The first-order chi connectivity index (χ1) is 8.69. The highest BCUT2D eigenvalue weighted by Gasteiger charge is 2.08. The molecule has 0 aliphatic rings. The summed E-state index contributed by atoms with van der Waals surface area (Å²) < 4.78 is 1.63. The van der Waals surface area contributed by atoms with Crippen LogP contribution in [0.3, 0.4) is 0 Å². The summed E-state index contributed by atoms with van der Waals surface area (Å²) >= 11 is 0. The summed E-state index contributed by atoms with van der Waals surface area (Å²) in [6.07, 6.45) is 2.92. The van der Waals surface area contributed by atoms with Crippen LogP contribution in [0.5, 0.6) is 0 Å². The predicted octanol–water partition coefficient (Wildman–Crippen LogP) is 0.987. The van der Waals surface area contributed by atoms with Gasteiger partial charge in [-0.1, -0.05) is 16.8 Å². The number of hydrogen-bond acceptors (Lipinski definition) is 3. The highest BCUT2D eigenvalue weighted by atomic mass is 16.4. The molecule has 2 rings (SSSR count). The Bertz CT molecular complexity index is 598. The van der Waals surface area contributed by atoms with Crippen LogP contribution in [0.25, 0.3) is 0 Å². The average molecular weight is 240 g/mol. The van der Waals surface area contributed by atoms with Crippen molar-refractivity contribution in [2.45, 2.75) is 6.54 Å². The molecule has 0 fully saturated rings. The standard InChI is InChI=1S/C13H9N3O2/c14-7-10-1-3-11(4-2-10)9-16-6-5-12(8-15-16)13(17)18/h1-6,8H,9H2/p+1. The van der Waals surface area contributed by atoms with Gasteiger partial charge >= 0.3 is 5.97 Å². The van der Waals surface area contributed by atoms with E-state index in [0.717, 1.165) is 5.56 Å². The number of nitriles is 1. The van der Waals surface area contributed by atoms with Crippen LogP contribution >= 0.6 is 0 Å². The van der Waals surface area contributed by atoms with Crippen molar-refractivity contribution in [2.24, 2.45) is 0 Å². The minimum absolute atomic E-state index is 0.158. The normalized spacial score (nSPS) is 9.72. The molecule has 0 bridgehead atoms. The molecule has 0 aliphatic heterocycles. The first-order valence-corrected chi connectivity index (χ1v) is 5.27. The van der Waals surface area contributed by atoms with E-state index in [9.17, 15) is 4.79 Å². The Morgan fingerprint density at radius 1 is 1.33 bits per heavy atom. The van der Waals surface area contributed by atoms with E-state index in [-0.39, 0.29) is 5.56 Å². The number of benzene rings is 1. The van der Waals surface area contributed by atoms with Gasteiger partial charge in [-0.25, -0.2) is 4.79 Å². The van der Waals surface area contributed by atoms with Crippen LogP contribution in [0.1, 0.15) is 21.5 Å². The summed E-state index contributed by atoms with van der Waals surface area (Å²) in [7, 11) is 0. The van der Waals surface area contributed by atoms with Crippen LogP contribution in [0.4, 0.5) is 0 Å². The monoisotopic (exact) mass is 240 g/mol. The van der Waals surface area contributed by atoms with Gasteiger partial charge in [-0.2, -0.15) is 5.26 Å². The minimum Gasteiger partial charge on any atom is -0.478 e. The molecule has 5 nitrogen and oxygen atoms in total. The van der Waals surface area contributed by atoms with E-state index in [4.69, 9.17) is 10.4 Å². The second kappa shape index (κ2) is 5.06. The molecule has 1 N–H and O–H groups in total. The lowest BCUT2D eigenvalue weighted by Gasteiger charge is -1.96. The van der Waals surface area contributed by atoms with E-state index in [1.54, 1.807) is 23.0 Å². The first kappa shape index (κ1) is 11.7. The fourth-order valence-corrected chi connectivity index (χ4v) is 1.48.